The number of carbonyl (C=O) groups excluding carboxylic acids is 1. The lowest BCUT2D eigenvalue weighted by Crippen LogP contribution is -2.37. The monoisotopic (exact) mass is 389 g/mol. The van der Waals surface area contributed by atoms with Gasteiger partial charge >= 0.3 is 6.09 Å². The van der Waals surface area contributed by atoms with Crippen LogP contribution in [-0.2, 0) is 11.8 Å². The molecule has 5 nitrogen and oxygen atoms in total. The van der Waals surface area contributed by atoms with Crippen LogP contribution < -0.4 is 0 Å². The lowest BCUT2D eigenvalue weighted by Gasteiger charge is -2.25. The van der Waals surface area contributed by atoms with E-state index in [0.29, 0.717) is 17.8 Å². The Morgan fingerprint density at radius 1 is 1.40 bits per heavy atom. The molecule has 1 saturated carbocycles. The van der Waals surface area contributed by atoms with Gasteiger partial charge < -0.3 is 9.64 Å². The molecule has 0 N–H and O–H groups in total. The van der Waals surface area contributed by atoms with Gasteiger partial charge in [0.25, 0.3) is 0 Å². The van der Waals surface area contributed by atoms with Crippen molar-refractivity contribution in [2.45, 2.75) is 32.3 Å². The minimum atomic E-state index is -0.415. The van der Waals surface area contributed by atoms with Gasteiger partial charge in [-0.2, -0.15) is 5.10 Å². The molecule has 2 heterocycles. The molecule has 2 unspecified atom stereocenters. The average Bonchev–Trinajstić information content (AvgIpc) is 2.67. The number of carbonyl (C=O) groups is 1. The van der Waals surface area contributed by atoms with Crippen molar-refractivity contribution in [2.24, 2.45) is 18.9 Å². The van der Waals surface area contributed by atoms with Crippen molar-refractivity contribution >= 4 is 28.7 Å². The van der Waals surface area contributed by atoms with Crippen LogP contribution in [-0.4, -0.2) is 39.5 Å². The molecule has 20 heavy (non-hydrogen) atoms. The van der Waals surface area contributed by atoms with E-state index in [1.807, 2.05) is 37.4 Å². The van der Waals surface area contributed by atoms with Crippen LogP contribution >= 0.6 is 22.6 Å². The van der Waals surface area contributed by atoms with Gasteiger partial charge in [0.15, 0.2) is 0 Å². The van der Waals surface area contributed by atoms with Crippen LogP contribution in [0.3, 0.4) is 0 Å². The van der Waals surface area contributed by atoms with Crippen LogP contribution in [0.1, 0.15) is 32.4 Å². The molecule has 2 atom stereocenters. The lowest BCUT2D eigenvalue weighted by atomic mass is 10.2. The standard InChI is InChI=1S/C14H20IN3O2/c1-14(2,3)20-13(19)18-6-8-9(7-18)12(8)10-5-11(15)16-17(10)4/h5,8-9,12H,6-7H2,1-4H3. The first-order valence-corrected chi connectivity index (χ1v) is 8.01. The zero-order valence-corrected chi connectivity index (χ0v) is 14.4. The summed E-state index contributed by atoms with van der Waals surface area (Å²) < 4.78 is 8.44. The van der Waals surface area contributed by atoms with Crippen molar-refractivity contribution < 1.29 is 9.53 Å². The van der Waals surface area contributed by atoms with Crippen molar-refractivity contribution in [3.05, 3.63) is 15.5 Å². The van der Waals surface area contributed by atoms with Crippen LogP contribution in [0.15, 0.2) is 6.07 Å². The number of hydrogen-bond acceptors (Lipinski definition) is 3. The Morgan fingerprint density at radius 2 is 2.00 bits per heavy atom. The minimum Gasteiger partial charge on any atom is -0.444 e. The highest BCUT2D eigenvalue weighted by atomic mass is 127. The van der Waals surface area contributed by atoms with Gasteiger partial charge in [0.1, 0.15) is 9.30 Å². The Labute approximate surface area is 132 Å². The molecule has 1 aromatic rings. The van der Waals surface area contributed by atoms with Crippen molar-refractivity contribution in [1.29, 1.82) is 0 Å². The summed E-state index contributed by atoms with van der Waals surface area (Å²) in [5.41, 5.74) is 0.884. The lowest BCUT2D eigenvalue weighted by molar-refractivity contribution is 0.0270. The van der Waals surface area contributed by atoms with Crippen LogP contribution in [0.2, 0.25) is 0 Å². The summed E-state index contributed by atoms with van der Waals surface area (Å²) in [5.74, 6) is 1.72. The van der Waals surface area contributed by atoms with Crippen LogP contribution in [0.5, 0.6) is 0 Å². The summed E-state index contributed by atoms with van der Waals surface area (Å²) in [6, 6.07) is 2.15. The zero-order chi connectivity index (χ0) is 14.7. The van der Waals surface area contributed by atoms with E-state index >= 15 is 0 Å². The number of aromatic nitrogens is 2. The van der Waals surface area contributed by atoms with E-state index in [-0.39, 0.29) is 6.09 Å². The average molecular weight is 389 g/mol. The summed E-state index contributed by atoms with van der Waals surface area (Å²) in [6.07, 6.45) is -0.178. The van der Waals surface area contributed by atoms with Gasteiger partial charge in [-0.15, -0.1) is 0 Å². The van der Waals surface area contributed by atoms with Crippen molar-refractivity contribution in [2.75, 3.05) is 13.1 Å². The number of halogens is 1. The predicted octanol–water partition coefficient (Wildman–Crippen LogP) is 2.61. The number of rotatable bonds is 1. The third-order valence-electron chi connectivity index (χ3n) is 4.07. The number of piperidine rings is 1. The van der Waals surface area contributed by atoms with Crippen LogP contribution in [0.25, 0.3) is 0 Å². The summed E-state index contributed by atoms with van der Waals surface area (Å²) in [7, 11) is 2.00. The number of aryl methyl sites for hydroxylation is 1. The van der Waals surface area contributed by atoms with E-state index in [0.717, 1.165) is 16.8 Å². The highest BCUT2D eigenvalue weighted by Crippen LogP contribution is 2.58. The molecule has 110 valence electrons. The Morgan fingerprint density at radius 3 is 2.45 bits per heavy atom. The topological polar surface area (TPSA) is 47.4 Å². The largest absolute Gasteiger partial charge is 0.444 e. The van der Waals surface area contributed by atoms with Crippen molar-refractivity contribution in [3.63, 3.8) is 0 Å². The maximum absolute atomic E-state index is 12.0. The molecule has 3 rings (SSSR count). The minimum absolute atomic E-state index is 0.178. The molecule has 0 spiro atoms. The highest BCUT2D eigenvalue weighted by molar-refractivity contribution is 14.1. The Hall–Kier alpha value is -0.790. The molecule has 1 saturated heterocycles. The second kappa shape index (κ2) is 4.61. The molecule has 6 heteroatoms. The van der Waals surface area contributed by atoms with E-state index < -0.39 is 5.60 Å². The number of hydrogen-bond donors (Lipinski definition) is 0. The first-order valence-electron chi connectivity index (χ1n) is 6.93. The summed E-state index contributed by atoms with van der Waals surface area (Å²) in [4.78, 5) is 13.9. The van der Waals surface area contributed by atoms with E-state index in [2.05, 4.69) is 33.8 Å². The Balaban J connectivity index is 1.61. The molecule has 0 aromatic carbocycles. The second-order valence-corrected chi connectivity index (χ2v) is 7.86. The maximum atomic E-state index is 12.0. The molecule has 2 fully saturated rings. The number of likely N-dealkylation sites (tertiary alicyclic amines) is 1. The second-order valence-electron chi connectivity index (χ2n) is 6.75. The molecule has 1 aliphatic heterocycles. The molecule has 0 bridgehead atoms. The van der Waals surface area contributed by atoms with E-state index in [1.54, 1.807) is 0 Å². The maximum Gasteiger partial charge on any atom is 0.410 e. The smallest absolute Gasteiger partial charge is 0.410 e. The van der Waals surface area contributed by atoms with Gasteiger partial charge in [0.2, 0.25) is 0 Å². The van der Waals surface area contributed by atoms with E-state index in [9.17, 15) is 4.79 Å². The summed E-state index contributed by atoms with van der Waals surface area (Å²) in [5, 5.41) is 4.40. The van der Waals surface area contributed by atoms with Crippen LogP contribution in [0.4, 0.5) is 4.79 Å². The number of fused-ring (bicyclic) bond motifs is 1. The molecule has 2 aliphatic rings. The van der Waals surface area contributed by atoms with Crippen molar-refractivity contribution in [3.8, 4) is 0 Å². The molecule has 1 aliphatic carbocycles. The van der Waals surface area contributed by atoms with Gasteiger partial charge in [-0.3, -0.25) is 4.68 Å². The SMILES string of the molecule is Cn1nc(I)cc1C1C2CN(C(=O)OC(C)(C)C)CC21. The first-order chi connectivity index (χ1) is 9.26. The molecular weight excluding hydrogens is 369 g/mol. The summed E-state index contributed by atoms with van der Waals surface area (Å²) >= 11 is 2.24. The predicted molar refractivity (Wildman–Crippen MR) is 83.5 cm³/mol. The summed E-state index contributed by atoms with van der Waals surface area (Å²) in [6.45, 7) is 7.34. The quantitative estimate of drug-likeness (QED) is 0.694. The van der Waals surface area contributed by atoms with Gasteiger partial charge in [-0.1, -0.05) is 0 Å². The zero-order valence-electron chi connectivity index (χ0n) is 12.3. The fraction of sp³-hybridized carbons (Fsp3) is 0.714. The third kappa shape index (κ3) is 2.54. The van der Waals surface area contributed by atoms with Gasteiger partial charge in [-0.05, 0) is 61.3 Å². The first kappa shape index (κ1) is 14.2. The number of amides is 1. The fourth-order valence-electron chi connectivity index (χ4n) is 3.20. The molecule has 1 aromatic heterocycles. The Kier molecular flexibility index (Phi) is 3.26. The number of nitrogens with zero attached hydrogens (tertiary/aromatic N) is 3. The normalized spacial score (nSPS) is 28.4. The molecule has 0 radical (unpaired) electrons. The number of ether oxygens (including phenoxy) is 1. The van der Waals surface area contributed by atoms with E-state index in [1.165, 1.54) is 5.69 Å². The third-order valence-corrected chi connectivity index (χ3v) is 4.60. The van der Waals surface area contributed by atoms with E-state index in [4.69, 9.17) is 4.74 Å². The van der Waals surface area contributed by atoms with Gasteiger partial charge in [-0.25, -0.2) is 4.79 Å². The molecule has 1 amide bonds. The van der Waals surface area contributed by atoms with Crippen molar-refractivity contribution in [1.82, 2.24) is 14.7 Å². The van der Waals surface area contributed by atoms with Crippen LogP contribution in [0, 0.1) is 15.5 Å². The Bertz CT molecular complexity index is 537. The fourth-order valence-corrected chi connectivity index (χ4v) is 3.84. The molecular formula is C14H20IN3O2. The van der Waals surface area contributed by atoms with Gasteiger partial charge in [0.05, 0.1) is 0 Å². The van der Waals surface area contributed by atoms with Gasteiger partial charge in [0, 0.05) is 31.7 Å². The highest BCUT2D eigenvalue weighted by Gasteiger charge is 2.58.